The summed E-state index contributed by atoms with van der Waals surface area (Å²) in [6.45, 7) is 2.74. The Morgan fingerprint density at radius 3 is 2.25 bits per heavy atom. The molecule has 142 valence electrons. The topological polar surface area (TPSA) is 85.4 Å². The summed E-state index contributed by atoms with van der Waals surface area (Å²) >= 11 is 1.13. The standard InChI is InChI=1S/C21H18N2O4S/c1-13(24)15-8-10-17(11-9-15)27-12-18(26)22-21-23-19(20(28-21)14(2)25)16-6-4-3-5-7-16/h3-11H,12H2,1-2H3,(H,22,23,26). The van der Waals surface area contributed by atoms with Gasteiger partial charge in [0.2, 0.25) is 0 Å². The van der Waals surface area contributed by atoms with Gasteiger partial charge < -0.3 is 4.74 Å². The van der Waals surface area contributed by atoms with Crippen LogP contribution < -0.4 is 10.1 Å². The van der Waals surface area contributed by atoms with Crippen LogP contribution in [0.5, 0.6) is 5.75 Å². The van der Waals surface area contributed by atoms with Crippen molar-refractivity contribution in [3.8, 4) is 17.0 Å². The first-order chi connectivity index (χ1) is 13.4. The van der Waals surface area contributed by atoms with Crippen LogP contribution in [0.4, 0.5) is 5.13 Å². The molecule has 0 saturated carbocycles. The molecule has 0 bridgehead atoms. The van der Waals surface area contributed by atoms with Gasteiger partial charge in [-0.15, -0.1) is 0 Å². The van der Waals surface area contributed by atoms with E-state index in [1.807, 2.05) is 30.3 Å². The normalized spacial score (nSPS) is 10.4. The molecule has 0 saturated heterocycles. The Kier molecular flexibility index (Phi) is 5.96. The number of aromatic nitrogens is 1. The Balaban J connectivity index is 1.67. The number of hydrogen-bond acceptors (Lipinski definition) is 6. The van der Waals surface area contributed by atoms with E-state index >= 15 is 0 Å². The minimum atomic E-state index is -0.390. The molecule has 1 amide bonds. The Morgan fingerprint density at radius 1 is 0.964 bits per heavy atom. The summed E-state index contributed by atoms with van der Waals surface area (Å²) in [5.41, 5.74) is 1.94. The number of nitrogens with zero attached hydrogens (tertiary/aromatic N) is 1. The van der Waals surface area contributed by atoms with Crippen molar-refractivity contribution in [2.45, 2.75) is 13.8 Å². The van der Waals surface area contributed by atoms with Crippen LogP contribution >= 0.6 is 11.3 Å². The van der Waals surface area contributed by atoms with Crippen molar-refractivity contribution in [3.05, 3.63) is 65.0 Å². The number of benzene rings is 2. The highest BCUT2D eigenvalue weighted by atomic mass is 32.1. The molecule has 28 heavy (non-hydrogen) atoms. The summed E-state index contributed by atoms with van der Waals surface area (Å²) in [4.78, 5) is 40.3. The highest BCUT2D eigenvalue weighted by Gasteiger charge is 2.18. The molecule has 0 aliphatic rings. The van der Waals surface area contributed by atoms with Gasteiger partial charge in [-0.05, 0) is 31.2 Å². The van der Waals surface area contributed by atoms with Crippen LogP contribution in [-0.2, 0) is 4.79 Å². The number of thiazole rings is 1. The first-order valence-electron chi connectivity index (χ1n) is 8.55. The van der Waals surface area contributed by atoms with Crippen molar-refractivity contribution in [2.24, 2.45) is 0 Å². The van der Waals surface area contributed by atoms with E-state index in [0.29, 0.717) is 27.0 Å². The number of nitrogens with one attached hydrogen (secondary N) is 1. The molecule has 1 N–H and O–H groups in total. The predicted molar refractivity (Wildman–Crippen MR) is 108 cm³/mol. The fourth-order valence-corrected chi connectivity index (χ4v) is 3.39. The minimum Gasteiger partial charge on any atom is -0.484 e. The molecule has 7 heteroatoms. The van der Waals surface area contributed by atoms with E-state index in [1.54, 1.807) is 24.3 Å². The number of ether oxygens (including phenoxy) is 1. The molecule has 0 aliphatic carbocycles. The highest BCUT2D eigenvalue weighted by molar-refractivity contribution is 7.18. The summed E-state index contributed by atoms with van der Waals surface area (Å²) < 4.78 is 5.43. The van der Waals surface area contributed by atoms with Gasteiger partial charge in [-0.2, -0.15) is 0 Å². The van der Waals surface area contributed by atoms with Crippen molar-refractivity contribution in [1.82, 2.24) is 4.98 Å². The molecule has 0 atom stereocenters. The maximum absolute atomic E-state index is 12.2. The minimum absolute atomic E-state index is 0.0384. The summed E-state index contributed by atoms with van der Waals surface area (Å²) in [5, 5.41) is 3.00. The number of rotatable bonds is 7. The first-order valence-corrected chi connectivity index (χ1v) is 9.36. The van der Waals surface area contributed by atoms with E-state index in [9.17, 15) is 14.4 Å². The zero-order valence-electron chi connectivity index (χ0n) is 15.4. The van der Waals surface area contributed by atoms with Gasteiger partial charge in [-0.1, -0.05) is 41.7 Å². The summed E-state index contributed by atoms with van der Waals surface area (Å²) in [7, 11) is 0. The Bertz CT molecular complexity index is 1010. The third-order valence-corrected chi connectivity index (χ3v) is 4.94. The third-order valence-electron chi connectivity index (χ3n) is 3.87. The third kappa shape index (κ3) is 4.69. The van der Waals surface area contributed by atoms with E-state index in [-0.39, 0.29) is 24.1 Å². The predicted octanol–water partition coefficient (Wildman–Crippen LogP) is 4.23. The maximum Gasteiger partial charge on any atom is 0.264 e. The van der Waals surface area contributed by atoms with Gasteiger partial charge in [-0.25, -0.2) is 4.98 Å². The van der Waals surface area contributed by atoms with Crippen molar-refractivity contribution >= 4 is 33.9 Å². The van der Waals surface area contributed by atoms with E-state index in [2.05, 4.69) is 10.3 Å². The monoisotopic (exact) mass is 394 g/mol. The molecule has 1 aromatic heterocycles. The van der Waals surface area contributed by atoms with Gasteiger partial charge in [0.15, 0.2) is 23.3 Å². The van der Waals surface area contributed by atoms with Gasteiger partial charge in [-0.3, -0.25) is 19.7 Å². The van der Waals surface area contributed by atoms with Crippen molar-refractivity contribution in [3.63, 3.8) is 0 Å². The van der Waals surface area contributed by atoms with Crippen LogP contribution in [0.15, 0.2) is 54.6 Å². The smallest absolute Gasteiger partial charge is 0.264 e. The van der Waals surface area contributed by atoms with E-state index < -0.39 is 0 Å². The number of carbonyl (C=O) groups excluding carboxylic acids is 3. The lowest BCUT2D eigenvalue weighted by Crippen LogP contribution is -2.20. The van der Waals surface area contributed by atoms with Crippen LogP contribution in [0.1, 0.15) is 33.9 Å². The van der Waals surface area contributed by atoms with E-state index in [1.165, 1.54) is 13.8 Å². The second kappa shape index (κ2) is 8.58. The number of anilines is 1. The highest BCUT2D eigenvalue weighted by Crippen LogP contribution is 2.31. The lowest BCUT2D eigenvalue weighted by molar-refractivity contribution is -0.118. The molecule has 3 rings (SSSR count). The molecule has 6 nitrogen and oxygen atoms in total. The van der Waals surface area contributed by atoms with Crippen molar-refractivity contribution in [2.75, 3.05) is 11.9 Å². The van der Waals surface area contributed by atoms with Crippen LogP contribution in [0, 0.1) is 0 Å². The lowest BCUT2D eigenvalue weighted by atomic mass is 10.1. The average Bonchev–Trinajstić information content (AvgIpc) is 3.11. The summed E-state index contributed by atoms with van der Waals surface area (Å²) in [6, 6.07) is 15.9. The number of ketones is 2. The molecule has 0 aliphatic heterocycles. The number of amides is 1. The molecular weight excluding hydrogens is 376 g/mol. The number of Topliss-reactive ketones (excluding diaryl/α,β-unsaturated/α-hetero) is 2. The Morgan fingerprint density at radius 2 is 1.64 bits per heavy atom. The van der Waals surface area contributed by atoms with Crippen molar-refractivity contribution in [1.29, 1.82) is 0 Å². The van der Waals surface area contributed by atoms with Gasteiger partial charge in [0.05, 0.1) is 10.6 Å². The molecule has 0 fully saturated rings. The Hall–Kier alpha value is -3.32. The second-order valence-electron chi connectivity index (χ2n) is 6.04. The average molecular weight is 394 g/mol. The fourth-order valence-electron chi connectivity index (χ4n) is 2.49. The van der Waals surface area contributed by atoms with Crippen LogP contribution in [0.2, 0.25) is 0 Å². The van der Waals surface area contributed by atoms with Gasteiger partial charge in [0.25, 0.3) is 5.91 Å². The molecule has 2 aromatic carbocycles. The Labute approximate surface area is 166 Å². The molecule has 0 radical (unpaired) electrons. The van der Waals surface area contributed by atoms with Crippen molar-refractivity contribution < 1.29 is 19.1 Å². The SMILES string of the molecule is CC(=O)c1ccc(OCC(=O)Nc2nc(-c3ccccc3)c(C(C)=O)s2)cc1. The zero-order chi connectivity index (χ0) is 20.1. The van der Waals surface area contributed by atoms with Crippen LogP contribution in [-0.4, -0.2) is 29.1 Å². The number of carbonyl (C=O) groups is 3. The van der Waals surface area contributed by atoms with Gasteiger partial charge in [0.1, 0.15) is 5.75 Å². The largest absolute Gasteiger partial charge is 0.484 e. The molecular formula is C21H18N2O4S. The van der Waals surface area contributed by atoms with Gasteiger partial charge >= 0.3 is 0 Å². The van der Waals surface area contributed by atoms with Crippen LogP contribution in [0.25, 0.3) is 11.3 Å². The molecule has 0 unspecified atom stereocenters. The number of hydrogen-bond donors (Lipinski definition) is 1. The zero-order valence-corrected chi connectivity index (χ0v) is 16.2. The maximum atomic E-state index is 12.2. The summed E-state index contributed by atoms with van der Waals surface area (Å²) in [5.74, 6) is -0.0602. The molecule has 3 aromatic rings. The quantitative estimate of drug-likeness (QED) is 0.606. The van der Waals surface area contributed by atoms with Crippen LogP contribution in [0.3, 0.4) is 0 Å². The van der Waals surface area contributed by atoms with E-state index in [4.69, 9.17) is 4.74 Å². The van der Waals surface area contributed by atoms with Gasteiger partial charge in [0, 0.05) is 18.1 Å². The fraction of sp³-hybridized carbons (Fsp3) is 0.143. The molecule has 1 heterocycles. The van der Waals surface area contributed by atoms with E-state index in [0.717, 1.165) is 16.9 Å². The summed E-state index contributed by atoms with van der Waals surface area (Å²) in [6.07, 6.45) is 0. The lowest BCUT2D eigenvalue weighted by Gasteiger charge is -2.06. The molecule has 0 spiro atoms. The second-order valence-corrected chi connectivity index (χ2v) is 7.04. The first kappa shape index (κ1) is 19.4.